The van der Waals surface area contributed by atoms with Crippen molar-refractivity contribution in [3.63, 3.8) is 0 Å². The molecule has 0 aliphatic carbocycles. The first-order valence-electron chi connectivity index (χ1n) is 9.37. The van der Waals surface area contributed by atoms with Crippen LogP contribution in [0.1, 0.15) is 19.0 Å². The molecule has 0 radical (unpaired) electrons. The van der Waals surface area contributed by atoms with Crippen molar-refractivity contribution in [1.82, 2.24) is 15.2 Å². The van der Waals surface area contributed by atoms with Crippen molar-refractivity contribution in [3.8, 4) is 0 Å². The van der Waals surface area contributed by atoms with Crippen LogP contribution in [0, 0.1) is 5.92 Å². The molecule has 1 fully saturated rings. The van der Waals surface area contributed by atoms with Gasteiger partial charge in [0.1, 0.15) is 5.82 Å². The smallest absolute Gasteiger partial charge is 0.194 e. The molecule has 1 unspecified atom stereocenters. The fourth-order valence-electron chi connectivity index (χ4n) is 2.94. The zero-order chi connectivity index (χ0) is 18.8. The molecule has 26 heavy (non-hydrogen) atoms. The van der Waals surface area contributed by atoms with Gasteiger partial charge in [-0.3, -0.25) is 0 Å². The monoisotopic (exact) mass is 363 g/mol. The third-order valence-electron chi connectivity index (χ3n) is 4.35. The van der Waals surface area contributed by atoms with Gasteiger partial charge in [0.15, 0.2) is 5.96 Å². The second-order valence-corrected chi connectivity index (χ2v) is 6.72. The van der Waals surface area contributed by atoms with E-state index < -0.39 is 0 Å². The van der Waals surface area contributed by atoms with Crippen molar-refractivity contribution < 1.29 is 9.47 Å². The number of hydrogen-bond acceptors (Lipinski definition) is 5. The SMILES string of the molecule is CCNC(=NCc1cccc(N(C)C)n1)N1CCC(COCCOC)C1. The Labute approximate surface area is 157 Å². The van der Waals surface area contributed by atoms with Crippen molar-refractivity contribution in [3.05, 3.63) is 23.9 Å². The van der Waals surface area contributed by atoms with E-state index in [9.17, 15) is 0 Å². The predicted octanol–water partition coefficient (Wildman–Crippen LogP) is 1.60. The van der Waals surface area contributed by atoms with Crippen LogP contribution in [-0.4, -0.2) is 76.5 Å². The Morgan fingerprint density at radius 2 is 2.23 bits per heavy atom. The fraction of sp³-hybridized carbons (Fsp3) is 0.684. The van der Waals surface area contributed by atoms with Crippen molar-refractivity contribution in [2.45, 2.75) is 19.9 Å². The Morgan fingerprint density at radius 3 is 2.96 bits per heavy atom. The van der Waals surface area contributed by atoms with Gasteiger partial charge >= 0.3 is 0 Å². The summed E-state index contributed by atoms with van der Waals surface area (Å²) < 4.78 is 10.7. The van der Waals surface area contributed by atoms with Crippen LogP contribution >= 0.6 is 0 Å². The number of ether oxygens (including phenoxy) is 2. The number of aromatic nitrogens is 1. The van der Waals surface area contributed by atoms with Gasteiger partial charge < -0.3 is 24.6 Å². The van der Waals surface area contributed by atoms with Crippen LogP contribution in [-0.2, 0) is 16.0 Å². The Kier molecular flexibility index (Phi) is 8.64. The van der Waals surface area contributed by atoms with Crippen LogP contribution in [0.25, 0.3) is 0 Å². The molecule has 1 aromatic rings. The summed E-state index contributed by atoms with van der Waals surface area (Å²) in [6.45, 7) is 7.62. The first-order valence-corrected chi connectivity index (χ1v) is 9.37. The number of nitrogens with zero attached hydrogens (tertiary/aromatic N) is 4. The maximum absolute atomic E-state index is 5.68. The summed E-state index contributed by atoms with van der Waals surface area (Å²) in [6.07, 6.45) is 1.13. The maximum Gasteiger partial charge on any atom is 0.194 e. The van der Waals surface area contributed by atoms with Gasteiger partial charge in [-0.25, -0.2) is 9.98 Å². The van der Waals surface area contributed by atoms with Crippen molar-refractivity contribution in [2.24, 2.45) is 10.9 Å². The van der Waals surface area contributed by atoms with Crippen LogP contribution in [0.4, 0.5) is 5.82 Å². The average Bonchev–Trinajstić information content (AvgIpc) is 3.11. The van der Waals surface area contributed by atoms with Crippen LogP contribution in [0.5, 0.6) is 0 Å². The molecule has 0 saturated carbocycles. The van der Waals surface area contributed by atoms with Crippen molar-refractivity contribution in [2.75, 3.05) is 65.6 Å². The van der Waals surface area contributed by atoms with Gasteiger partial charge in [-0.2, -0.15) is 0 Å². The number of likely N-dealkylation sites (tertiary alicyclic amines) is 1. The lowest BCUT2D eigenvalue weighted by Gasteiger charge is -2.21. The highest BCUT2D eigenvalue weighted by Crippen LogP contribution is 2.17. The summed E-state index contributed by atoms with van der Waals surface area (Å²) in [7, 11) is 5.69. The largest absolute Gasteiger partial charge is 0.382 e. The van der Waals surface area contributed by atoms with Gasteiger partial charge in [-0.1, -0.05) is 6.07 Å². The number of hydrogen-bond donors (Lipinski definition) is 1. The van der Waals surface area contributed by atoms with Crippen LogP contribution in [0.15, 0.2) is 23.2 Å². The van der Waals surface area contributed by atoms with E-state index in [1.54, 1.807) is 7.11 Å². The molecule has 1 saturated heterocycles. The topological polar surface area (TPSA) is 62.2 Å². The van der Waals surface area contributed by atoms with Crippen LogP contribution < -0.4 is 10.2 Å². The molecule has 1 N–H and O–H groups in total. The van der Waals surface area contributed by atoms with E-state index in [4.69, 9.17) is 14.5 Å². The quantitative estimate of drug-likeness (QED) is 0.408. The summed E-state index contributed by atoms with van der Waals surface area (Å²) in [4.78, 5) is 13.8. The van der Waals surface area contributed by atoms with Gasteiger partial charge in [0, 0.05) is 46.8 Å². The Hall–Kier alpha value is -1.86. The molecule has 0 amide bonds. The summed E-state index contributed by atoms with van der Waals surface area (Å²) in [5, 5.41) is 3.41. The van der Waals surface area contributed by atoms with E-state index >= 15 is 0 Å². The molecule has 0 spiro atoms. The number of nitrogens with one attached hydrogen (secondary N) is 1. The zero-order valence-corrected chi connectivity index (χ0v) is 16.6. The zero-order valence-electron chi connectivity index (χ0n) is 16.6. The number of guanidine groups is 1. The lowest BCUT2D eigenvalue weighted by molar-refractivity contribution is 0.0536. The molecule has 7 nitrogen and oxygen atoms in total. The van der Waals surface area contributed by atoms with E-state index in [2.05, 4.69) is 22.1 Å². The van der Waals surface area contributed by atoms with Crippen LogP contribution in [0.3, 0.4) is 0 Å². The molecule has 1 aliphatic heterocycles. The highest BCUT2D eigenvalue weighted by atomic mass is 16.5. The molecular formula is C19H33N5O2. The van der Waals surface area contributed by atoms with E-state index in [-0.39, 0.29) is 0 Å². The first kappa shape index (κ1) is 20.5. The van der Waals surface area contributed by atoms with Crippen molar-refractivity contribution in [1.29, 1.82) is 0 Å². The molecular weight excluding hydrogens is 330 g/mol. The lowest BCUT2D eigenvalue weighted by atomic mass is 10.1. The molecule has 2 heterocycles. The Bertz CT molecular complexity index is 565. The second-order valence-electron chi connectivity index (χ2n) is 6.72. The normalized spacial score (nSPS) is 17.6. The number of methoxy groups -OCH3 is 1. The summed E-state index contributed by atoms with van der Waals surface area (Å²) in [5.74, 6) is 2.46. The third kappa shape index (κ3) is 6.46. The van der Waals surface area contributed by atoms with E-state index in [1.165, 1.54) is 0 Å². The summed E-state index contributed by atoms with van der Waals surface area (Å²) in [5.41, 5.74) is 0.977. The second kappa shape index (κ2) is 11.0. The fourth-order valence-corrected chi connectivity index (χ4v) is 2.94. The molecule has 1 aliphatic rings. The molecule has 0 bridgehead atoms. The molecule has 146 valence electrons. The number of anilines is 1. The minimum Gasteiger partial charge on any atom is -0.382 e. The number of rotatable bonds is 9. The van der Waals surface area contributed by atoms with Crippen LogP contribution in [0.2, 0.25) is 0 Å². The summed E-state index contributed by atoms with van der Waals surface area (Å²) in [6, 6.07) is 6.06. The standard InChI is InChI=1S/C19H33N5O2/c1-5-20-19(21-13-17-7-6-8-18(22-17)23(2)3)24-10-9-16(14-24)15-26-12-11-25-4/h6-8,16H,5,9-15H2,1-4H3,(H,20,21). The Morgan fingerprint density at radius 1 is 1.38 bits per heavy atom. The molecule has 7 heteroatoms. The minimum absolute atomic E-state index is 0.547. The van der Waals surface area contributed by atoms with E-state index in [0.29, 0.717) is 25.7 Å². The maximum atomic E-state index is 5.68. The average molecular weight is 364 g/mol. The van der Waals surface area contributed by atoms with Crippen molar-refractivity contribution >= 4 is 11.8 Å². The molecule has 1 aromatic heterocycles. The number of pyridine rings is 1. The number of aliphatic imine (C=N–C) groups is 1. The highest BCUT2D eigenvalue weighted by Gasteiger charge is 2.24. The molecule has 2 rings (SSSR count). The third-order valence-corrected chi connectivity index (χ3v) is 4.35. The summed E-state index contributed by atoms with van der Waals surface area (Å²) >= 11 is 0. The van der Waals surface area contributed by atoms with Gasteiger partial charge in [0.05, 0.1) is 32.1 Å². The molecule has 0 aromatic carbocycles. The van der Waals surface area contributed by atoms with Gasteiger partial charge in [0.2, 0.25) is 0 Å². The minimum atomic E-state index is 0.547. The highest BCUT2D eigenvalue weighted by molar-refractivity contribution is 5.80. The predicted molar refractivity (Wildman–Crippen MR) is 106 cm³/mol. The lowest BCUT2D eigenvalue weighted by Crippen LogP contribution is -2.40. The van der Waals surface area contributed by atoms with Gasteiger partial charge in [0.25, 0.3) is 0 Å². The van der Waals surface area contributed by atoms with Gasteiger partial charge in [-0.15, -0.1) is 0 Å². The van der Waals surface area contributed by atoms with E-state index in [1.807, 2.05) is 37.2 Å². The van der Waals surface area contributed by atoms with Gasteiger partial charge in [-0.05, 0) is 25.5 Å². The van der Waals surface area contributed by atoms with E-state index in [0.717, 1.165) is 50.1 Å². The first-order chi connectivity index (χ1) is 12.6. The Balaban J connectivity index is 1.91. The molecule has 1 atom stereocenters.